The Kier molecular flexibility index (Phi) is 4.61. The number of nitrogens with one attached hydrogen (secondary N) is 2. The number of urea groups is 1. The third-order valence-corrected chi connectivity index (χ3v) is 3.70. The van der Waals surface area contributed by atoms with Crippen LogP contribution in [0.5, 0.6) is 0 Å². The predicted molar refractivity (Wildman–Crippen MR) is 78.6 cm³/mol. The molecule has 5 heteroatoms. The SMILES string of the molecule is CNC(=O)C1CCN(C(=O)Nc2ccc(C)cc2)CC1. The van der Waals surface area contributed by atoms with E-state index in [0.717, 1.165) is 24.1 Å². The zero-order valence-electron chi connectivity index (χ0n) is 12.0. The summed E-state index contributed by atoms with van der Waals surface area (Å²) >= 11 is 0. The van der Waals surface area contributed by atoms with Gasteiger partial charge in [0.15, 0.2) is 0 Å². The van der Waals surface area contributed by atoms with Crippen LogP contribution in [0, 0.1) is 12.8 Å². The number of aryl methyl sites for hydroxylation is 1. The summed E-state index contributed by atoms with van der Waals surface area (Å²) in [7, 11) is 1.65. The molecule has 1 aliphatic rings. The van der Waals surface area contributed by atoms with Crippen LogP contribution in [-0.2, 0) is 4.79 Å². The Bertz CT molecular complexity index is 476. The Balaban J connectivity index is 1.85. The van der Waals surface area contributed by atoms with Crippen molar-refractivity contribution in [2.75, 3.05) is 25.5 Å². The molecule has 1 aliphatic heterocycles. The largest absolute Gasteiger partial charge is 0.359 e. The molecule has 0 saturated carbocycles. The van der Waals surface area contributed by atoms with Crippen LogP contribution in [0.4, 0.5) is 10.5 Å². The fourth-order valence-corrected chi connectivity index (χ4v) is 2.39. The first-order valence-corrected chi connectivity index (χ1v) is 6.94. The van der Waals surface area contributed by atoms with E-state index in [2.05, 4.69) is 10.6 Å². The molecule has 0 atom stereocenters. The Morgan fingerprint density at radius 1 is 1.15 bits per heavy atom. The number of carbonyl (C=O) groups excluding carboxylic acids is 2. The molecule has 2 N–H and O–H groups in total. The molecule has 1 aromatic rings. The van der Waals surface area contributed by atoms with Crippen molar-refractivity contribution in [2.24, 2.45) is 5.92 Å². The van der Waals surface area contributed by atoms with Crippen LogP contribution in [0.25, 0.3) is 0 Å². The molecule has 0 aliphatic carbocycles. The van der Waals surface area contributed by atoms with E-state index in [9.17, 15) is 9.59 Å². The number of carbonyl (C=O) groups is 2. The standard InChI is InChI=1S/C15H21N3O2/c1-11-3-5-13(6-4-11)17-15(20)18-9-7-12(8-10-18)14(19)16-2/h3-6,12H,7-10H2,1-2H3,(H,16,19)(H,17,20). The van der Waals surface area contributed by atoms with Crippen molar-refractivity contribution in [3.05, 3.63) is 29.8 Å². The van der Waals surface area contributed by atoms with E-state index in [1.54, 1.807) is 11.9 Å². The number of rotatable bonds is 2. The lowest BCUT2D eigenvalue weighted by Crippen LogP contribution is -2.44. The van der Waals surface area contributed by atoms with Crippen LogP contribution in [0.3, 0.4) is 0 Å². The van der Waals surface area contributed by atoms with Gasteiger partial charge < -0.3 is 15.5 Å². The number of hydrogen-bond donors (Lipinski definition) is 2. The lowest BCUT2D eigenvalue weighted by molar-refractivity contribution is -0.125. The molecule has 0 bridgehead atoms. The minimum Gasteiger partial charge on any atom is -0.359 e. The normalized spacial score (nSPS) is 15.8. The Morgan fingerprint density at radius 3 is 2.30 bits per heavy atom. The topological polar surface area (TPSA) is 61.4 Å². The maximum atomic E-state index is 12.1. The molecule has 0 spiro atoms. The summed E-state index contributed by atoms with van der Waals surface area (Å²) in [6.07, 6.45) is 1.45. The Hall–Kier alpha value is -2.04. The van der Waals surface area contributed by atoms with E-state index >= 15 is 0 Å². The highest BCUT2D eigenvalue weighted by Gasteiger charge is 2.26. The van der Waals surface area contributed by atoms with Crippen molar-refractivity contribution < 1.29 is 9.59 Å². The second kappa shape index (κ2) is 6.41. The van der Waals surface area contributed by atoms with Gasteiger partial charge in [-0.2, -0.15) is 0 Å². The highest BCUT2D eigenvalue weighted by Crippen LogP contribution is 2.18. The van der Waals surface area contributed by atoms with E-state index in [4.69, 9.17) is 0 Å². The van der Waals surface area contributed by atoms with Gasteiger partial charge in [0.05, 0.1) is 0 Å². The molecule has 1 fully saturated rings. The number of likely N-dealkylation sites (tertiary alicyclic amines) is 1. The fraction of sp³-hybridized carbons (Fsp3) is 0.467. The van der Waals surface area contributed by atoms with Crippen LogP contribution in [-0.4, -0.2) is 37.0 Å². The van der Waals surface area contributed by atoms with Crippen LogP contribution < -0.4 is 10.6 Å². The fourth-order valence-electron chi connectivity index (χ4n) is 2.39. The molecule has 1 heterocycles. The first kappa shape index (κ1) is 14.4. The number of piperidine rings is 1. The minimum atomic E-state index is -0.0933. The maximum Gasteiger partial charge on any atom is 0.321 e. The zero-order valence-corrected chi connectivity index (χ0v) is 12.0. The summed E-state index contributed by atoms with van der Waals surface area (Å²) < 4.78 is 0. The molecule has 5 nitrogen and oxygen atoms in total. The molecular weight excluding hydrogens is 254 g/mol. The second-order valence-electron chi connectivity index (χ2n) is 5.17. The van der Waals surface area contributed by atoms with Gasteiger partial charge in [-0.05, 0) is 31.9 Å². The van der Waals surface area contributed by atoms with E-state index in [-0.39, 0.29) is 17.9 Å². The van der Waals surface area contributed by atoms with E-state index in [1.165, 1.54) is 0 Å². The van der Waals surface area contributed by atoms with E-state index in [1.807, 2.05) is 31.2 Å². The molecular formula is C15H21N3O2. The Morgan fingerprint density at radius 2 is 1.75 bits per heavy atom. The number of anilines is 1. The summed E-state index contributed by atoms with van der Waals surface area (Å²) in [6, 6.07) is 7.62. The third-order valence-electron chi connectivity index (χ3n) is 3.70. The summed E-state index contributed by atoms with van der Waals surface area (Å²) in [6.45, 7) is 3.25. The summed E-state index contributed by atoms with van der Waals surface area (Å²) in [5, 5.41) is 5.55. The first-order chi connectivity index (χ1) is 9.60. The van der Waals surface area contributed by atoms with Crippen LogP contribution in [0.15, 0.2) is 24.3 Å². The number of nitrogens with zero attached hydrogens (tertiary/aromatic N) is 1. The average Bonchev–Trinajstić information content (AvgIpc) is 2.49. The van der Waals surface area contributed by atoms with Gasteiger partial charge in [0.1, 0.15) is 0 Å². The smallest absolute Gasteiger partial charge is 0.321 e. The highest BCUT2D eigenvalue weighted by atomic mass is 16.2. The quantitative estimate of drug-likeness (QED) is 0.867. The van der Waals surface area contributed by atoms with Crippen molar-refractivity contribution in [3.8, 4) is 0 Å². The molecule has 0 radical (unpaired) electrons. The van der Waals surface area contributed by atoms with Gasteiger partial charge in [-0.3, -0.25) is 4.79 Å². The van der Waals surface area contributed by atoms with Crippen molar-refractivity contribution >= 4 is 17.6 Å². The van der Waals surface area contributed by atoms with Crippen LogP contribution >= 0.6 is 0 Å². The van der Waals surface area contributed by atoms with Crippen LogP contribution in [0.1, 0.15) is 18.4 Å². The summed E-state index contributed by atoms with van der Waals surface area (Å²) in [4.78, 5) is 25.4. The van der Waals surface area contributed by atoms with E-state index < -0.39 is 0 Å². The number of amides is 3. The van der Waals surface area contributed by atoms with Gasteiger partial charge in [-0.1, -0.05) is 17.7 Å². The van der Waals surface area contributed by atoms with Gasteiger partial charge in [0.25, 0.3) is 0 Å². The van der Waals surface area contributed by atoms with Gasteiger partial charge in [0.2, 0.25) is 5.91 Å². The molecule has 0 aromatic heterocycles. The summed E-state index contributed by atoms with van der Waals surface area (Å²) in [5.41, 5.74) is 1.96. The highest BCUT2D eigenvalue weighted by molar-refractivity contribution is 5.89. The molecule has 2 rings (SSSR count). The molecule has 1 saturated heterocycles. The van der Waals surface area contributed by atoms with Crippen molar-refractivity contribution in [2.45, 2.75) is 19.8 Å². The second-order valence-corrected chi connectivity index (χ2v) is 5.17. The number of benzene rings is 1. The van der Waals surface area contributed by atoms with E-state index in [0.29, 0.717) is 13.1 Å². The van der Waals surface area contributed by atoms with Crippen LogP contribution in [0.2, 0.25) is 0 Å². The molecule has 108 valence electrons. The molecule has 1 aromatic carbocycles. The predicted octanol–water partition coefficient (Wildman–Crippen LogP) is 1.98. The minimum absolute atomic E-state index is 0.0309. The van der Waals surface area contributed by atoms with Gasteiger partial charge in [-0.15, -0.1) is 0 Å². The maximum absolute atomic E-state index is 12.1. The molecule has 0 unspecified atom stereocenters. The lowest BCUT2D eigenvalue weighted by Gasteiger charge is -2.31. The average molecular weight is 275 g/mol. The van der Waals surface area contributed by atoms with Gasteiger partial charge in [0, 0.05) is 31.7 Å². The first-order valence-electron chi connectivity index (χ1n) is 6.94. The molecule has 3 amide bonds. The number of hydrogen-bond acceptors (Lipinski definition) is 2. The van der Waals surface area contributed by atoms with Gasteiger partial charge >= 0.3 is 6.03 Å². The van der Waals surface area contributed by atoms with Crippen molar-refractivity contribution in [1.29, 1.82) is 0 Å². The Labute approximate surface area is 119 Å². The third kappa shape index (κ3) is 3.50. The molecule has 20 heavy (non-hydrogen) atoms. The zero-order chi connectivity index (χ0) is 14.5. The van der Waals surface area contributed by atoms with Gasteiger partial charge in [-0.25, -0.2) is 4.79 Å². The lowest BCUT2D eigenvalue weighted by atomic mass is 9.96. The monoisotopic (exact) mass is 275 g/mol. The van der Waals surface area contributed by atoms with Crippen molar-refractivity contribution in [1.82, 2.24) is 10.2 Å². The summed E-state index contributed by atoms with van der Waals surface area (Å²) in [5.74, 6) is 0.104. The van der Waals surface area contributed by atoms with Crippen molar-refractivity contribution in [3.63, 3.8) is 0 Å².